The van der Waals surface area contributed by atoms with Gasteiger partial charge in [0, 0.05) is 0 Å². The molecule has 0 aliphatic heterocycles. The summed E-state index contributed by atoms with van der Waals surface area (Å²) in [6, 6.07) is 9.88. The topological polar surface area (TPSA) is 20.2 Å². The van der Waals surface area contributed by atoms with Crippen LogP contribution < -0.4 is 0 Å². The second-order valence-corrected chi connectivity index (χ2v) is 3.62. The summed E-state index contributed by atoms with van der Waals surface area (Å²) >= 11 is 0. The molecule has 0 heterocycles. The molecule has 0 radical (unpaired) electrons. The molecule has 1 aromatic carbocycles. The molecule has 1 rings (SSSR count). The monoisotopic (exact) mass is 178 g/mol. The molecule has 0 bridgehead atoms. The van der Waals surface area contributed by atoms with Gasteiger partial charge >= 0.3 is 0 Å². The Morgan fingerprint density at radius 3 is 2.38 bits per heavy atom. The summed E-state index contributed by atoms with van der Waals surface area (Å²) in [5, 5.41) is 9.92. The van der Waals surface area contributed by atoms with Crippen molar-refractivity contribution >= 4 is 0 Å². The van der Waals surface area contributed by atoms with Crippen molar-refractivity contribution in [2.75, 3.05) is 0 Å². The molecule has 0 amide bonds. The highest BCUT2D eigenvalue weighted by Crippen LogP contribution is 2.24. The molecule has 72 valence electrons. The van der Waals surface area contributed by atoms with Gasteiger partial charge in [-0.25, -0.2) is 0 Å². The van der Waals surface area contributed by atoms with E-state index >= 15 is 0 Å². The lowest BCUT2D eigenvalue weighted by Crippen LogP contribution is -2.08. The first-order valence-electron chi connectivity index (χ1n) is 4.98. The van der Waals surface area contributed by atoms with Gasteiger partial charge in [0.15, 0.2) is 0 Å². The van der Waals surface area contributed by atoms with E-state index in [0.29, 0.717) is 5.92 Å². The second-order valence-electron chi connectivity index (χ2n) is 3.62. The number of rotatable bonds is 4. The second kappa shape index (κ2) is 5.03. The fourth-order valence-corrected chi connectivity index (χ4v) is 1.59. The average Bonchev–Trinajstić information content (AvgIpc) is 2.18. The van der Waals surface area contributed by atoms with Gasteiger partial charge in [-0.3, -0.25) is 0 Å². The maximum atomic E-state index is 9.92. The summed E-state index contributed by atoms with van der Waals surface area (Å²) in [5.74, 6) is 0.354. The third kappa shape index (κ3) is 2.85. The first kappa shape index (κ1) is 10.3. The molecule has 13 heavy (non-hydrogen) atoms. The number of aliphatic hydroxyl groups is 1. The van der Waals surface area contributed by atoms with Gasteiger partial charge in [-0.15, -0.1) is 0 Å². The molecule has 1 nitrogen and oxygen atoms in total. The minimum Gasteiger partial charge on any atom is -0.388 e. The highest BCUT2D eigenvalue weighted by atomic mass is 16.3. The molecule has 2 atom stereocenters. The Hall–Kier alpha value is -0.820. The zero-order valence-electron chi connectivity index (χ0n) is 8.40. The van der Waals surface area contributed by atoms with Gasteiger partial charge in [0.1, 0.15) is 0 Å². The molecule has 0 fully saturated rings. The largest absolute Gasteiger partial charge is 0.388 e. The molecule has 1 N–H and O–H groups in total. The highest BCUT2D eigenvalue weighted by molar-refractivity contribution is 5.17. The molecule has 0 saturated carbocycles. The summed E-state index contributed by atoms with van der Waals surface area (Å²) in [5.41, 5.74) is 1.03. The van der Waals surface area contributed by atoms with Crippen molar-refractivity contribution in [1.29, 1.82) is 0 Å². The van der Waals surface area contributed by atoms with Gasteiger partial charge < -0.3 is 5.11 Å². The lowest BCUT2D eigenvalue weighted by Gasteiger charge is -2.18. The van der Waals surface area contributed by atoms with Crippen molar-refractivity contribution in [3.05, 3.63) is 35.9 Å². The average molecular weight is 178 g/mol. The molecule has 1 aromatic rings. The zero-order valence-corrected chi connectivity index (χ0v) is 8.40. The Kier molecular flexibility index (Phi) is 3.97. The summed E-state index contributed by atoms with van der Waals surface area (Å²) in [7, 11) is 0. The number of benzene rings is 1. The first-order valence-corrected chi connectivity index (χ1v) is 4.98. The summed E-state index contributed by atoms with van der Waals surface area (Å²) < 4.78 is 0. The fourth-order valence-electron chi connectivity index (χ4n) is 1.59. The lowest BCUT2D eigenvalue weighted by molar-refractivity contribution is 0.112. The van der Waals surface area contributed by atoms with Crippen LogP contribution in [0.5, 0.6) is 0 Å². The smallest absolute Gasteiger partial charge is 0.0815 e. The van der Waals surface area contributed by atoms with E-state index < -0.39 is 0 Å². The van der Waals surface area contributed by atoms with Crippen molar-refractivity contribution in [1.82, 2.24) is 0 Å². The molecule has 0 spiro atoms. The van der Waals surface area contributed by atoms with Crippen molar-refractivity contribution < 1.29 is 5.11 Å². The molecular weight excluding hydrogens is 160 g/mol. The van der Waals surface area contributed by atoms with Crippen molar-refractivity contribution in [2.45, 2.75) is 32.8 Å². The van der Waals surface area contributed by atoms with E-state index in [1.165, 1.54) is 0 Å². The van der Waals surface area contributed by atoms with E-state index in [1.54, 1.807) is 0 Å². The molecule has 0 aliphatic rings. The summed E-state index contributed by atoms with van der Waals surface area (Å²) in [4.78, 5) is 0. The van der Waals surface area contributed by atoms with E-state index in [4.69, 9.17) is 0 Å². The van der Waals surface area contributed by atoms with Gasteiger partial charge in [-0.2, -0.15) is 0 Å². The predicted octanol–water partition coefficient (Wildman–Crippen LogP) is 3.16. The van der Waals surface area contributed by atoms with Gasteiger partial charge in [-0.1, -0.05) is 50.6 Å². The van der Waals surface area contributed by atoms with Gasteiger partial charge in [-0.05, 0) is 17.9 Å². The Labute approximate surface area is 80.4 Å². The Morgan fingerprint density at radius 2 is 1.85 bits per heavy atom. The van der Waals surface area contributed by atoms with Crippen LogP contribution in [0.25, 0.3) is 0 Å². The van der Waals surface area contributed by atoms with E-state index in [2.05, 4.69) is 13.8 Å². The van der Waals surface area contributed by atoms with Gasteiger partial charge in [0.25, 0.3) is 0 Å². The highest BCUT2D eigenvalue weighted by Gasteiger charge is 2.14. The number of hydrogen-bond donors (Lipinski definition) is 1. The van der Waals surface area contributed by atoms with Crippen LogP contribution in [0.4, 0.5) is 0 Å². The van der Waals surface area contributed by atoms with Crippen LogP contribution in [-0.2, 0) is 0 Å². The minimum atomic E-state index is -0.304. The standard InChI is InChI=1S/C12H18O/c1-3-7-10(2)12(13)11-8-5-4-6-9-11/h4-6,8-10,12-13H,3,7H2,1-2H3/t10-,12-/m1/s1. The fraction of sp³-hybridized carbons (Fsp3) is 0.500. The quantitative estimate of drug-likeness (QED) is 0.751. The SMILES string of the molecule is CCC[C@@H](C)[C@@H](O)c1ccccc1. The molecule has 0 aromatic heterocycles. The van der Waals surface area contributed by atoms with E-state index in [1.807, 2.05) is 30.3 Å². The number of aliphatic hydroxyl groups excluding tert-OH is 1. The van der Waals surface area contributed by atoms with Crippen molar-refractivity contribution in [3.8, 4) is 0 Å². The third-order valence-corrected chi connectivity index (χ3v) is 2.42. The van der Waals surface area contributed by atoms with Crippen LogP contribution in [0.1, 0.15) is 38.4 Å². The first-order chi connectivity index (χ1) is 6.25. The van der Waals surface area contributed by atoms with Crippen molar-refractivity contribution in [2.24, 2.45) is 5.92 Å². The van der Waals surface area contributed by atoms with Crippen LogP contribution in [0, 0.1) is 5.92 Å². The Bertz CT molecular complexity index is 230. The molecule has 0 saturated heterocycles. The normalized spacial score (nSPS) is 15.3. The molecule has 0 aliphatic carbocycles. The minimum absolute atomic E-state index is 0.304. The van der Waals surface area contributed by atoms with Gasteiger partial charge in [0.05, 0.1) is 6.10 Å². The zero-order chi connectivity index (χ0) is 9.68. The van der Waals surface area contributed by atoms with E-state index in [0.717, 1.165) is 18.4 Å². The maximum absolute atomic E-state index is 9.92. The summed E-state index contributed by atoms with van der Waals surface area (Å²) in [6.07, 6.45) is 1.90. The van der Waals surface area contributed by atoms with Crippen LogP contribution in [0.3, 0.4) is 0 Å². The van der Waals surface area contributed by atoms with Crippen LogP contribution in [0.2, 0.25) is 0 Å². The van der Waals surface area contributed by atoms with E-state index in [-0.39, 0.29) is 6.10 Å². The molecule has 1 heteroatoms. The molecule has 0 unspecified atom stereocenters. The number of hydrogen-bond acceptors (Lipinski definition) is 1. The Balaban J connectivity index is 2.62. The van der Waals surface area contributed by atoms with Crippen LogP contribution in [0.15, 0.2) is 30.3 Å². The summed E-state index contributed by atoms with van der Waals surface area (Å²) in [6.45, 7) is 4.25. The van der Waals surface area contributed by atoms with Crippen LogP contribution >= 0.6 is 0 Å². The molecular formula is C12H18O. The van der Waals surface area contributed by atoms with E-state index in [9.17, 15) is 5.11 Å². The van der Waals surface area contributed by atoms with Crippen molar-refractivity contribution in [3.63, 3.8) is 0 Å². The Morgan fingerprint density at radius 1 is 1.23 bits per heavy atom. The third-order valence-electron chi connectivity index (χ3n) is 2.42. The predicted molar refractivity (Wildman–Crippen MR) is 55.5 cm³/mol. The van der Waals surface area contributed by atoms with Gasteiger partial charge in [0.2, 0.25) is 0 Å². The maximum Gasteiger partial charge on any atom is 0.0815 e. The lowest BCUT2D eigenvalue weighted by atomic mass is 9.94. The van der Waals surface area contributed by atoms with Crippen LogP contribution in [-0.4, -0.2) is 5.11 Å².